The molecule has 4 aromatic rings. The van der Waals surface area contributed by atoms with Gasteiger partial charge in [-0.05, 0) is 56.5 Å². The number of aromatic nitrogens is 5. The van der Waals surface area contributed by atoms with Crippen molar-refractivity contribution in [2.45, 2.75) is 38.5 Å². The van der Waals surface area contributed by atoms with E-state index in [0.717, 1.165) is 66.1 Å². The number of hydrogen-bond acceptors (Lipinski definition) is 7. The van der Waals surface area contributed by atoms with Crippen LogP contribution in [0.5, 0.6) is 0 Å². The summed E-state index contributed by atoms with van der Waals surface area (Å²) in [4.78, 5) is 16.3. The second-order valence-corrected chi connectivity index (χ2v) is 9.03. The van der Waals surface area contributed by atoms with Crippen LogP contribution in [0.25, 0.3) is 33.5 Å². The first-order chi connectivity index (χ1) is 17.2. The first kappa shape index (κ1) is 22.1. The van der Waals surface area contributed by atoms with E-state index in [2.05, 4.69) is 21.9 Å². The zero-order chi connectivity index (χ0) is 23.8. The first-order valence-electron chi connectivity index (χ1n) is 12.1. The van der Waals surface area contributed by atoms with Crippen LogP contribution in [0.4, 0.5) is 10.2 Å². The predicted molar refractivity (Wildman–Crippen MR) is 130 cm³/mol. The largest absolute Gasteiger partial charge is 0.377 e. The maximum absolute atomic E-state index is 14.1. The molecule has 0 spiro atoms. The molecule has 2 unspecified atom stereocenters. The van der Waals surface area contributed by atoms with Gasteiger partial charge in [-0.2, -0.15) is 9.49 Å². The van der Waals surface area contributed by atoms with Gasteiger partial charge in [0, 0.05) is 36.5 Å². The summed E-state index contributed by atoms with van der Waals surface area (Å²) in [6.07, 6.45) is 6.47. The molecule has 6 rings (SSSR count). The number of pyridine rings is 3. The Balaban J connectivity index is 1.57. The highest BCUT2D eigenvalue weighted by molar-refractivity contribution is 6.01. The highest BCUT2D eigenvalue weighted by Gasteiger charge is 2.25. The third kappa shape index (κ3) is 4.15. The summed E-state index contributed by atoms with van der Waals surface area (Å²) in [5, 5.41) is 5.43. The normalized spacial score (nSPS) is 20.9. The van der Waals surface area contributed by atoms with Crippen LogP contribution in [-0.2, 0) is 9.47 Å². The number of morpholine rings is 1. The average molecular weight is 475 g/mol. The Morgan fingerprint density at radius 3 is 2.83 bits per heavy atom. The van der Waals surface area contributed by atoms with Crippen molar-refractivity contribution in [3.63, 3.8) is 0 Å². The summed E-state index contributed by atoms with van der Waals surface area (Å²) in [5.41, 5.74) is 3.66. The van der Waals surface area contributed by atoms with E-state index in [9.17, 15) is 4.39 Å². The fourth-order valence-corrected chi connectivity index (χ4v) is 4.96. The Morgan fingerprint density at radius 1 is 1.06 bits per heavy atom. The van der Waals surface area contributed by atoms with Crippen molar-refractivity contribution >= 4 is 16.7 Å². The molecule has 2 saturated heterocycles. The molecule has 2 aliphatic rings. The molecule has 0 saturated carbocycles. The van der Waals surface area contributed by atoms with Gasteiger partial charge in [0.05, 0.1) is 30.6 Å². The van der Waals surface area contributed by atoms with E-state index in [4.69, 9.17) is 19.4 Å². The molecule has 6 heterocycles. The fraction of sp³-hybridized carbons (Fsp3) is 0.385. The van der Waals surface area contributed by atoms with E-state index < -0.39 is 5.95 Å². The summed E-state index contributed by atoms with van der Waals surface area (Å²) in [6.45, 7) is 4.81. The van der Waals surface area contributed by atoms with Crippen LogP contribution in [-0.4, -0.2) is 57.1 Å². The van der Waals surface area contributed by atoms with Crippen LogP contribution in [0, 0.1) is 5.95 Å². The van der Waals surface area contributed by atoms with Crippen molar-refractivity contribution in [3.8, 4) is 22.6 Å². The minimum absolute atomic E-state index is 0.127. The van der Waals surface area contributed by atoms with Gasteiger partial charge in [-0.1, -0.05) is 6.07 Å². The number of rotatable bonds is 4. The highest BCUT2D eigenvalue weighted by atomic mass is 19.1. The smallest absolute Gasteiger partial charge is 0.213 e. The Hall–Kier alpha value is -3.43. The summed E-state index contributed by atoms with van der Waals surface area (Å²) < 4.78 is 27.7. The Morgan fingerprint density at radius 2 is 2.00 bits per heavy atom. The maximum Gasteiger partial charge on any atom is 0.213 e. The molecule has 0 N–H and O–H groups in total. The monoisotopic (exact) mass is 474 g/mol. The SMILES string of the molecule is CC1COCCN1c1cc(-c2cccc(F)n2)c2ccnc(-c3ccnn3C3CCCCO3)c2n1. The third-order valence-corrected chi connectivity index (χ3v) is 6.71. The molecule has 0 amide bonds. The Labute approximate surface area is 202 Å². The van der Waals surface area contributed by atoms with Crippen LogP contribution in [0.2, 0.25) is 0 Å². The van der Waals surface area contributed by atoms with Gasteiger partial charge in [0.15, 0.2) is 6.23 Å². The quantitative estimate of drug-likeness (QED) is 0.400. The average Bonchev–Trinajstić information content (AvgIpc) is 3.38. The van der Waals surface area contributed by atoms with Crippen molar-refractivity contribution in [2.24, 2.45) is 0 Å². The van der Waals surface area contributed by atoms with Gasteiger partial charge < -0.3 is 14.4 Å². The summed E-state index contributed by atoms with van der Waals surface area (Å²) in [7, 11) is 0. The zero-order valence-corrected chi connectivity index (χ0v) is 19.6. The van der Waals surface area contributed by atoms with Crippen molar-refractivity contribution < 1.29 is 13.9 Å². The number of hydrogen-bond donors (Lipinski definition) is 0. The molecule has 0 aromatic carbocycles. The molecule has 2 atom stereocenters. The van der Waals surface area contributed by atoms with E-state index in [1.807, 2.05) is 28.9 Å². The van der Waals surface area contributed by atoms with Gasteiger partial charge in [0.1, 0.15) is 17.0 Å². The maximum atomic E-state index is 14.1. The van der Waals surface area contributed by atoms with E-state index in [0.29, 0.717) is 18.9 Å². The van der Waals surface area contributed by atoms with E-state index in [1.165, 1.54) is 6.07 Å². The number of halogens is 1. The molecular formula is C26H27FN6O2. The standard InChI is InChI=1S/C26H27FN6O2/c1-17-16-34-14-12-32(17)23-15-19(20-5-4-6-22(27)30-20)18-8-10-28-26(25(18)31-23)21-9-11-29-33(21)24-7-2-3-13-35-24/h4-6,8-11,15,17,24H,2-3,7,12-14,16H2,1H3. The van der Waals surface area contributed by atoms with Gasteiger partial charge in [0.25, 0.3) is 0 Å². The van der Waals surface area contributed by atoms with Crippen LogP contribution in [0.15, 0.2) is 48.8 Å². The lowest BCUT2D eigenvalue weighted by atomic mass is 10.0. The molecular weight excluding hydrogens is 447 g/mol. The van der Waals surface area contributed by atoms with E-state index in [1.54, 1.807) is 18.5 Å². The molecule has 2 aliphatic heterocycles. The Bertz CT molecular complexity index is 1350. The minimum atomic E-state index is -0.518. The molecule has 9 heteroatoms. The van der Waals surface area contributed by atoms with Crippen LogP contribution < -0.4 is 4.90 Å². The van der Waals surface area contributed by atoms with Crippen LogP contribution in [0.3, 0.4) is 0 Å². The van der Waals surface area contributed by atoms with Crippen molar-refractivity contribution in [1.82, 2.24) is 24.7 Å². The first-order valence-corrected chi connectivity index (χ1v) is 12.1. The number of ether oxygens (including phenoxy) is 2. The second-order valence-electron chi connectivity index (χ2n) is 9.03. The van der Waals surface area contributed by atoms with Gasteiger partial charge >= 0.3 is 0 Å². The number of anilines is 1. The lowest BCUT2D eigenvalue weighted by molar-refractivity contribution is -0.0383. The van der Waals surface area contributed by atoms with Crippen molar-refractivity contribution in [2.75, 3.05) is 31.3 Å². The third-order valence-electron chi connectivity index (χ3n) is 6.71. The van der Waals surface area contributed by atoms with Gasteiger partial charge in [-0.15, -0.1) is 0 Å². The topological polar surface area (TPSA) is 78.2 Å². The lowest BCUT2D eigenvalue weighted by Crippen LogP contribution is -2.44. The predicted octanol–water partition coefficient (Wildman–Crippen LogP) is 4.62. The van der Waals surface area contributed by atoms with Crippen LogP contribution >= 0.6 is 0 Å². The molecule has 4 aromatic heterocycles. The van der Waals surface area contributed by atoms with Crippen molar-refractivity contribution in [1.29, 1.82) is 0 Å². The highest BCUT2D eigenvalue weighted by Crippen LogP contribution is 2.36. The molecule has 8 nitrogen and oxygen atoms in total. The van der Waals surface area contributed by atoms with E-state index in [-0.39, 0.29) is 12.3 Å². The van der Waals surface area contributed by atoms with E-state index >= 15 is 0 Å². The summed E-state index contributed by atoms with van der Waals surface area (Å²) in [5.74, 6) is 0.277. The lowest BCUT2D eigenvalue weighted by Gasteiger charge is -2.34. The number of nitrogens with zero attached hydrogens (tertiary/aromatic N) is 6. The summed E-state index contributed by atoms with van der Waals surface area (Å²) >= 11 is 0. The van der Waals surface area contributed by atoms with Crippen molar-refractivity contribution in [3.05, 3.63) is 54.7 Å². The van der Waals surface area contributed by atoms with Gasteiger partial charge in [-0.3, -0.25) is 4.98 Å². The van der Waals surface area contributed by atoms with Crippen LogP contribution in [0.1, 0.15) is 32.4 Å². The second kappa shape index (κ2) is 9.31. The van der Waals surface area contributed by atoms with Gasteiger partial charge in [0.2, 0.25) is 5.95 Å². The Kier molecular flexibility index (Phi) is 5.87. The molecule has 0 radical (unpaired) electrons. The molecule has 0 bridgehead atoms. The fourth-order valence-electron chi connectivity index (χ4n) is 4.96. The molecule has 180 valence electrons. The minimum Gasteiger partial charge on any atom is -0.377 e. The summed E-state index contributed by atoms with van der Waals surface area (Å²) in [6, 6.07) is 10.9. The number of fused-ring (bicyclic) bond motifs is 1. The molecule has 2 fully saturated rings. The zero-order valence-electron chi connectivity index (χ0n) is 19.6. The van der Waals surface area contributed by atoms with Gasteiger partial charge in [-0.25, -0.2) is 14.6 Å². The molecule has 35 heavy (non-hydrogen) atoms. The molecule has 0 aliphatic carbocycles.